The van der Waals surface area contributed by atoms with E-state index in [1.54, 1.807) is 0 Å². The zero-order valence-corrected chi connectivity index (χ0v) is 15.0. The molecule has 4 aliphatic rings. The van der Waals surface area contributed by atoms with Crippen LogP contribution in [0.4, 0.5) is 0 Å². The van der Waals surface area contributed by atoms with Crippen molar-refractivity contribution < 1.29 is 10.2 Å². The molecule has 0 aromatic heterocycles. The summed E-state index contributed by atoms with van der Waals surface area (Å²) in [5.41, 5.74) is 0.345. The Morgan fingerprint density at radius 1 is 0.955 bits per heavy atom. The lowest BCUT2D eigenvalue weighted by molar-refractivity contribution is -0.273. The average molecular weight is 306 g/mol. The quantitative estimate of drug-likeness (QED) is 0.710. The first-order chi connectivity index (χ1) is 10.1. The van der Waals surface area contributed by atoms with Crippen LogP contribution in [0.1, 0.15) is 73.1 Å². The molecule has 0 aromatic carbocycles. The third-order valence-corrected chi connectivity index (χ3v) is 9.33. The van der Waals surface area contributed by atoms with Gasteiger partial charge in [0, 0.05) is 0 Å². The number of hydrogen-bond donors (Lipinski definition) is 2. The minimum Gasteiger partial charge on any atom is -0.393 e. The van der Waals surface area contributed by atoms with Crippen LogP contribution in [0.5, 0.6) is 0 Å². The second kappa shape index (κ2) is 4.11. The molecule has 0 saturated heterocycles. The second-order valence-electron chi connectivity index (χ2n) is 10.4. The van der Waals surface area contributed by atoms with Gasteiger partial charge in [-0.15, -0.1) is 0 Å². The van der Waals surface area contributed by atoms with Crippen LogP contribution in [-0.4, -0.2) is 21.9 Å². The highest BCUT2D eigenvalue weighted by atomic mass is 16.3. The van der Waals surface area contributed by atoms with Crippen molar-refractivity contribution in [2.24, 2.45) is 39.9 Å². The fraction of sp³-hybridized carbons (Fsp3) is 1.00. The van der Waals surface area contributed by atoms with Crippen LogP contribution >= 0.6 is 0 Å². The van der Waals surface area contributed by atoms with E-state index in [-0.39, 0.29) is 11.5 Å². The van der Waals surface area contributed by atoms with Gasteiger partial charge >= 0.3 is 0 Å². The minimum atomic E-state index is -0.480. The van der Waals surface area contributed by atoms with Crippen molar-refractivity contribution in [2.45, 2.75) is 84.8 Å². The van der Waals surface area contributed by atoms with E-state index < -0.39 is 5.60 Å². The van der Waals surface area contributed by atoms with Gasteiger partial charge in [0.1, 0.15) is 0 Å². The largest absolute Gasteiger partial charge is 0.393 e. The van der Waals surface area contributed by atoms with Gasteiger partial charge in [-0.3, -0.25) is 0 Å². The maximum Gasteiger partial charge on any atom is 0.0651 e. The SMILES string of the molecule is C[C@H]1C[C@@H](O)[C@@H]2C[C@@]3(C)CC[C@@H]4[C@@H]3[C@@]1(CC[C@@]4(C)O)C2(C)C. The van der Waals surface area contributed by atoms with Gasteiger partial charge in [0.15, 0.2) is 0 Å². The lowest BCUT2D eigenvalue weighted by atomic mass is 9.32. The summed E-state index contributed by atoms with van der Waals surface area (Å²) in [6.07, 6.45) is 6.51. The molecule has 2 bridgehead atoms. The summed E-state index contributed by atoms with van der Waals surface area (Å²) in [6.45, 7) is 11.8. The van der Waals surface area contributed by atoms with Gasteiger partial charge in [-0.25, -0.2) is 0 Å². The van der Waals surface area contributed by atoms with Gasteiger partial charge in [0.2, 0.25) is 0 Å². The van der Waals surface area contributed by atoms with Crippen molar-refractivity contribution in [3.63, 3.8) is 0 Å². The highest BCUT2D eigenvalue weighted by Gasteiger charge is 2.73. The molecule has 0 aromatic rings. The molecular formula is C20H34O2. The van der Waals surface area contributed by atoms with Gasteiger partial charge in [-0.05, 0) is 85.4 Å². The van der Waals surface area contributed by atoms with E-state index in [1.807, 2.05) is 0 Å². The molecule has 126 valence electrons. The lowest BCUT2D eigenvalue weighted by Gasteiger charge is -2.72. The summed E-state index contributed by atoms with van der Waals surface area (Å²) >= 11 is 0. The van der Waals surface area contributed by atoms with Crippen molar-refractivity contribution >= 4 is 0 Å². The van der Waals surface area contributed by atoms with Crippen LogP contribution in [0, 0.1) is 39.9 Å². The summed E-state index contributed by atoms with van der Waals surface area (Å²) in [4.78, 5) is 0. The molecule has 0 unspecified atom stereocenters. The smallest absolute Gasteiger partial charge is 0.0651 e. The molecule has 4 aliphatic carbocycles. The lowest BCUT2D eigenvalue weighted by Crippen LogP contribution is -2.69. The van der Waals surface area contributed by atoms with E-state index in [2.05, 4.69) is 34.6 Å². The summed E-state index contributed by atoms with van der Waals surface area (Å²) in [7, 11) is 0. The van der Waals surface area contributed by atoms with E-state index in [1.165, 1.54) is 12.8 Å². The Morgan fingerprint density at radius 3 is 2.32 bits per heavy atom. The molecule has 4 saturated carbocycles. The van der Waals surface area contributed by atoms with Crippen molar-refractivity contribution in [1.82, 2.24) is 0 Å². The average Bonchev–Trinajstić information content (AvgIpc) is 2.74. The molecule has 8 atom stereocenters. The molecule has 2 N–H and O–H groups in total. The molecule has 0 heterocycles. The van der Waals surface area contributed by atoms with Crippen molar-refractivity contribution in [1.29, 1.82) is 0 Å². The topological polar surface area (TPSA) is 40.5 Å². The van der Waals surface area contributed by atoms with Gasteiger partial charge in [-0.2, -0.15) is 0 Å². The highest BCUT2D eigenvalue weighted by molar-refractivity contribution is 5.22. The molecule has 2 heteroatoms. The van der Waals surface area contributed by atoms with Crippen LogP contribution in [0.25, 0.3) is 0 Å². The van der Waals surface area contributed by atoms with E-state index in [9.17, 15) is 10.2 Å². The van der Waals surface area contributed by atoms with E-state index in [0.29, 0.717) is 34.5 Å². The Balaban J connectivity index is 1.92. The van der Waals surface area contributed by atoms with Crippen LogP contribution in [-0.2, 0) is 0 Å². The number of fused-ring (bicyclic) bond motifs is 1. The third-order valence-electron chi connectivity index (χ3n) is 9.33. The summed E-state index contributed by atoms with van der Waals surface area (Å²) in [5.74, 6) is 2.10. The van der Waals surface area contributed by atoms with Crippen molar-refractivity contribution in [2.75, 3.05) is 0 Å². The number of aliphatic hydroxyl groups excluding tert-OH is 1. The van der Waals surface area contributed by atoms with E-state index in [0.717, 1.165) is 25.7 Å². The monoisotopic (exact) mass is 306 g/mol. The first kappa shape index (κ1) is 15.4. The molecule has 0 aliphatic heterocycles. The number of hydrogen-bond acceptors (Lipinski definition) is 2. The maximum atomic E-state index is 11.1. The fourth-order valence-electron chi connectivity index (χ4n) is 8.34. The Bertz CT molecular complexity index is 496. The zero-order chi connectivity index (χ0) is 16.1. The summed E-state index contributed by atoms with van der Waals surface area (Å²) in [5, 5.41) is 21.9. The predicted octanol–water partition coefficient (Wildman–Crippen LogP) is 4.00. The summed E-state index contributed by atoms with van der Waals surface area (Å²) < 4.78 is 0. The van der Waals surface area contributed by atoms with E-state index >= 15 is 0 Å². The van der Waals surface area contributed by atoms with Crippen LogP contribution in [0.2, 0.25) is 0 Å². The van der Waals surface area contributed by atoms with Gasteiger partial charge in [-0.1, -0.05) is 27.7 Å². The zero-order valence-electron chi connectivity index (χ0n) is 15.0. The molecule has 4 fully saturated rings. The first-order valence-electron chi connectivity index (χ1n) is 9.47. The third kappa shape index (κ3) is 1.50. The van der Waals surface area contributed by atoms with Gasteiger partial charge < -0.3 is 10.2 Å². The Labute approximate surface area is 135 Å². The standard InChI is InChI=1S/C20H34O2/c1-12-10-15(21)14-11-18(4)7-6-13-16(18)20(12,17(14,2)3)9-8-19(13,5)22/h12-16,21-22H,6-11H2,1-5H3/t12-,13+,14-,15+,16-,18+,19+,20-/m0/s1. The first-order valence-corrected chi connectivity index (χ1v) is 9.47. The molecule has 0 radical (unpaired) electrons. The molecule has 0 amide bonds. The number of rotatable bonds is 0. The van der Waals surface area contributed by atoms with Crippen LogP contribution in [0.15, 0.2) is 0 Å². The Morgan fingerprint density at radius 2 is 1.64 bits per heavy atom. The highest BCUT2D eigenvalue weighted by Crippen LogP contribution is 2.78. The number of aliphatic hydroxyl groups is 2. The molecule has 22 heavy (non-hydrogen) atoms. The maximum absolute atomic E-state index is 11.1. The van der Waals surface area contributed by atoms with Crippen LogP contribution in [0.3, 0.4) is 0 Å². The van der Waals surface area contributed by atoms with Crippen LogP contribution < -0.4 is 0 Å². The summed E-state index contributed by atoms with van der Waals surface area (Å²) in [6, 6.07) is 0. The fourth-order valence-corrected chi connectivity index (χ4v) is 8.34. The van der Waals surface area contributed by atoms with Crippen molar-refractivity contribution in [3.05, 3.63) is 0 Å². The predicted molar refractivity (Wildman–Crippen MR) is 88.3 cm³/mol. The molecule has 2 nitrogen and oxygen atoms in total. The minimum absolute atomic E-state index is 0.130. The van der Waals surface area contributed by atoms with E-state index in [4.69, 9.17) is 0 Å². The second-order valence-corrected chi connectivity index (χ2v) is 10.4. The molecule has 1 spiro atoms. The van der Waals surface area contributed by atoms with Crippen molar-refractivity contribution in [3.8, 4) is 0 Å². The Kier molecular flexibility index (Phi) is 2.89. The van der Waals surface area contributed by atoms with Gasteiger partial charge in [0.05, 0.1) is 11.7 Å². The molecular weight excluding hydrogens is 272 g/mol. The van der Waals surface area contributed by atoms with Gasteiger partial charge in [0.25, 0.3) is 0 Å². The normalized spacial score (nSPS) is 62.6. The molecule has 4 rings (SSSR count). The Hall–Kier alpha value is -0.0800.